The maximum atomic E-state index is 13.8. The molecule has 162 valence electrons. The third kappa shape index (κ3) is 4.10. The van der Waals surface area contributed by atoms with Crippen LogP contribution in [0, 0.1) is 5.82 Å². The van der Waals surface area contributed by atoms with Crippen LogP contribution in [0.25, 0.3) is 22.6 Å². The molecule has 3 N–H and O–H groups in total. The molecule has 3 aromatic rings. The van der Waals surface area contributed by atoms with Crippen LogP contribution in [0.3, 0.4) is 0 Å². The van der Waals surface area contributed by atoms with Gasteiger partial charge in [0.15, 0.2) is 23.0 Å². The Bertz CT molecular complexity index is 1160. The molecule has 0 fully saturated rings. The fourth-order valence-electron chi connectivity index (χ4n) is 3.08. The molecule has 1 aliphatic heterocycles. The smallest absolute Gasteiger partial charge is 0.330 e. The van der Waals surface area contributed by atoms with Crippen molar-refractivity contribution in [1.82, 2.24) is 30.0 Å². The number of hydrogen-bond acceptors (Lipinski definition) is 10. The van der Waals surface area contributed by atoms with Crippen molar-refractivity contribution in [2.24, 2.45) is 0 Å². The van der Waals surface area contributed by atoms with Crippen LogP contribution in [-0.4, -0.2) is 49.7 Å². The van der Waals surface area contributed by atoms with E-state index in [1.807, 2.05) is 0 Å². The summed E-state index contributed by atoms with van der Waals surface area (Å²) >= 11 is 0. The zero-order valence-corrected chi connectivity index (χ0v) is 16.8. The number of pyridine rings is 1. The van der Waals surface area contributed by atoms with E-state index in [2.05, 4.69) is 25.4 Å². The van der Waals surface area contributed by atoms with Crippen molar-refractivity contribution in [3.8, 4) is 17.4 Å². The monoisotopic (exact) mass is 429 g/mol. The number of ether oxygens (including phenoxy) is 2. The summed E-state index contributed by atoms with van der Waals surface area (Å²) in [6, 6.07) is 0.630. The van der Waals surface area contributed by atoms with Gasteiger partial charge in [-0.15, -0.1) is 5.48 Å². The molecule has 0 saturated heterocycles. The molecule has 0 aromatic carbocycles. The summed E-state index contributed by atoms with van der Waals surface area (Å²) in [6.07, 6.45) is 4.15. The SMILES string of the molecule is CCOC(=O)C1C=C(Cn2c(-c3cncc(F)c3)nc3c(N)nc(OCC)nc32)ON1. The number of anilines is 1. The standard InChI is InChI=1S/C19H20FN7O4/c1-3-29-18(28)13-6-12(31-26-13)9-27-16(10-5-11(20)8-22-7-10)23-14-15(21)24-19(30-4-2)25-17(14)27/h5-8,13,26H,3-4,9H2,1-2H3,(H2,21,24,25). The zero-order chi connectivity index (χ0) is 22.0. The van der Waals surface area contributed by atoms with Crippen molar-refractivity contribution in [1.29, 1.82) is 0 Å². The quantitative estimate of drug-likeness (QED) is 0.529. The summed E-state index contributed by atoms with van der Waals surface area (Å²) in [6.45, 7) is 4.23. The number of nitrogens with zero attached hydrogens (tertiary/aromatic N) is 5. The highest BCUT2D eigenvalue weighted by molar-refractivity contribution is 5.86. The minimum atomic E-state index is -0.747. The van der Waals surface area contributed by atoms with Gasteiger partial charge in [-0.2, -0.15) is 9.97 Å². The Labute approximate surface area is 176 Å². The second-order valence-electron chi connectivity index (χ2n) is 6.49. The van der Waals surface area contributed by atoms with Crippen molar-refractivity contribution in [3.05, 3.63) is 36.1 Å². The summed E-state index contributed by atoms with van der Waals surface area (Å²) in [5.74, 6) is -0.112. The van der Waals surface area contributed by atoms with Gasteiger partial charge in [0.05, 0.1) is 26.0 Å². The number of esters is 1. The number of nitrogens with one attached hydrogen (secondary N) is 1. The molecule has 0 radical (unpaired) electrons. The summed E-state index contributed by atoms with van der Waals surface area (Å²) in [7, 11) is 0. The number of aromatic nitrogens is 5. The normalized spacial score (nSPS) is 15.6. The number of carbonyl (C=O) groups is 1. The third-order valence-electron chi connectivity index (χ3n) is 4.36. The second kappa shape index (κ2) is 8.52. The van der Waals surface area contributed by atoms with E-state index in [1.54, 1.807) is 24.5 Å². The van der Waals surface area contributed by atoms with Gasteiger partial charge >= 0.3 is 12.0 Å². The van der Waals surface area contributed by atoms with E-state index < -0.39 is 17.8 Å². The Morgan fingerprint density at radius 1 is 1.29 bits per heavy atom. The number of fused-ring (bicyclic) bond motifs is 1. The molecule has 4 heterocycles. The molecule has 31 heavy (non-hydrogen) atoms. The van der Waals surface area contributed by atoms with Crippen LogP contribution in [0.4, 0.5) is 10.2 Å². The van der Waals surface area contributed by atoms with Gasteiger partial charge in [-0.3, -0.25) is 4.98 Å². The minimum Gasteiger partial charge on any atom is -0.464 e. The van der Waals surface area contributed by atoms with E-state index in [0.717, 1.165) is 6.20 Å². The molecule has 1 aliphatic rings. The molecule has 0 bridgehead atoms. The van der Waals surface area contributed by atoms with Gasteiger partial charge in [0.2, 0.25) is 0 Å². The number of hydrogen-bond donors (Lipinski definition) is 2. The number of hydroxylamine groups is 1. The summed E-state index contributed by atoms with van der Waals surface area (Å²) in [5.41, 5.74) is 9.76. The molecular weight excluding hydrogens is 409 g/mol. The topological polar surface area (TPSA) is 139 Å². The van der Waals surface area contributed by atoms with Crippen molar-refractivity contribution < 1.29 is 23.5 Å². The van der Waals surface area contributed by atoms with Crippen LogP contribution >= 0.6 is 0 Å². The number of allylic oxidation sites excluding steroid dienone is 1. The van der Waals surface area contributed by atoms with Gasteiger partial charge in [0, 0.05) is 11.8 Å². The van der Waals surface area contributed by atoms with E-state index in [9.17, 15) is 9.18 Å². The third-order valence-corrected chi connectivity index (χ3v) is 4.36. The molecule has 11 nitrogen and oxygen atoms in total. The highest BCUT2D eigenvalue weighted by atomic mass is 19.1. The molecule has 1 atom stereocenters. The predicted octanol–water partition coefficient (Wildman–Crippen LogP) is 1.36. The fourth-order valence-corrected chi connectivity index (χ4v) is 3.08. The highest BCUT2D eigenvalue weighted by Gasteiger charge is 2.27. The summed E-state index contributed by atoms with van der Waals surface area (Å²) < 4.78 is 25.9. The van der Waals surface area contributed by atoms with E-state index >= 15 is 0 Å². The highest BCUT2D eigenvalue weighted by Crippen LogP contribution is 2.29. The van der Waals surface area contributed by atoms with Crippen LogP contribution in [0.5, 0.6) is 6.01 Å². The fraction of sp³-hybridized carbons (Fsp3) is 0.316. The molecule has 0 saturated carbocycles. The molecule has 12 heteroatoms. The van der Waals surface area contributed by atoms with Crippen molar-refractivity contribution in [2.75, 3.05) is 18.9 Å². The predicted molar refractivity (Wildman–Crippen MR) is 107 cm³/mol. The van der Waals surface area contributed by atoms with Gasteiger partial charge < -0.3 is 24.6 Å². The first kappa shape index (κ1) is 20.5. The van der Waals surface area contributed by atoms with Crippen LogP contribution in [0.2, 0.25) is 0 Å². The lowest BCUT2D eigenvalue weighted by molar-refractivity contribution is -0.146. The van der Waals surface area contributed by atoms with Gasteiger partial charge in [0.1, 0.15) is 17.4 Å². The van der Waals surface area contributed by atoms with E-state index in [-0.39, 0.29) is 25.0 Å². The van der Waals surface area contributed by atoms with Gasteiger partial charge in [0.25, 0.3) is 0 Å². The Morgan fingerprint density at radius 3 is 2.87 bits per heavy atom. The average molecular weight is 429 g/mol. The Morgan fingerprint density at radius 2 is 2.13 bits per heavy atom. The van der Waals surface area contributed by atoms with Crippen LogP contribution in [0.15, 0.2) is 30.3 Å². The zero-order valence-electron chi connectivity index (χ0n) is 16.8. The Kier molecular flexibility index (Phi) is 5.62. The lowest BCUT2D eigenvalue weighted by Gasteiger charge is -2.10. The molecule has 1 unspecified atom stereocenters. The molecule has 3 aromatic heterocycles. The Hall–Kier alpha value is -3.80. The molecular formula is C19H20FN7O4. The van der Waals surface area contributed by atoms with Crippen LogP contribution in [-0.2, 0) is 20.9 Å². The first-order chi connectivity index (χ1) is 15.0. The maximum Gasteiger partial charge on any atom is 0.330 e. The van der Waals surface area contributed by atoms with E-state index in [1.165, 1.54) is 12.3 Å². The van der Waals surface area contributed by atoms with Crippen molar-refractivity contribution in [3.63, 3.8) is 0 Å². The number of nitrogen functional groups attached to an aromatic ring is 1. The molecule has 0 spiro atoms. The minimum absolute atomic E-state index is 0.0846. The average Bonchev–Trinajstić information content (AvgIpc) is 3.35. The number of nitrogens with two attached hydrogens (primary N) is 1. The number of halogens is 1. The molecule has 0 aliphatic carbocycles. The summed E-state index contributed by atoms with van der Waals surface area (Å²) in [5, 5.41) is 0. The largest absolute Gasteiger partial charge is 0.464 e. The van der Waals surface area contributed by atoms with Crippen LogP contribution < -0.4 is 16.0 Å². The number of carbonyl (C=O) groups excluding carboxylic acids is 1. The molecule has 4 rings (SSSR count). The summed E-state index contributed by atoms with van der Waals surface area (Å²) in [4.78, 5) is 34.3. The second-order valence-corrected chi connectivity index (χ2v) is 6.49. The maximum absolute atomic E-state index is 13.8. The molecule has 0 amide bonds. The van der Waals surface area contributed by atoms with E-state index in [0.29, 0.717) is 34.9 Å². The number of rotatable bonds is 7. The van der Waals surface area contributed by atoms with Gasteiger partial charge in [-0.1, -0.05) is 0 Å². The van der Waals surface area contributed by atoms with Gasteiger partial charge in [-0.05, 0) is 26.0 Å². The first-order valence-electron chi connectivity index (χ1n) is 9.57. The van der Waals surface area contributed by atoms with E-state index in [4.69, 9.17) is 20.0 Å². The lowest BCUT2D eigenvalue weighted by atomic mass is 10.2. The van der Waals surface area contributed by atoms with Crippen molar-refractivity contribution >= 4 is 23.0 Å². The number of imidazole rings is 1. The van der Waals surface area contributed by atoms with Crippen LogP contribution in [0.1, 0.15) is 13.8 Å². The Balaban J connectivity index is 1.80. The van der Waals surface area contributed by atoms with Crippen molar-refractivity contribution in [2.45, 2.75) is 26.4 Å². The van der Waals surface area contributed by atoms with Gasteiger partial charge in [-0.25, -0.2) is 14.2 Å². The first-order valence-corrected chi connectivity index (χ1v) is 9.57. The lowest BCUT2D eigenvalue weighted by Crippen LogP contribution is -2.31.